The van der Waals surface area contributed by atoms with Crippen LogP contribution in [-0.4, -0.2) is 22.2 Å². The van der Waals surface area contributed by atoms with Crippen LogP contribution in [0.25, 0.3) is 0 Å². The number of nitrogens with zero attached hydrogens (tertiary/aromatic N) is 1. The molecule has 0 bridgehead atoms. The van der Waals surface area contributed by atoms with Crippen LogP contribution in [0.15, 0.2) is 9.98 Å². The Bertz CT molecular complexity index is 269. The van der Waals surface area contributed by atoms with Crippen molar-refractivity contribution in [2.24, 2.45) is 0 Å². The van der Waals surface area contributed by atoms with Crippen LogP contribution in [0.4, 0.5) is 5.13 Å². The van der Waals surface area contributed by atoms with Crippen molar-refractivity contribution in [2.45, 2.75) is 25.9 Å². The quantitative estimate of drug-likeness (QED) is 0.879. The minimum absolute atomic E-state index is 0.610. The van der Waals surface area contributed by atoms with E-state index in [0.717, 1.165) is 16.3 Å². The van der Waals surface area contributed by atoms with E-state index in [1.165, 1.54) is 0 Å². The van der Waals surface area contributed by atoms with Gasteiger partial charge in [-0.2, -0.15) is 0 Å². The molecule has 0 saturated heterocycles. The fourth-order valence-corrected chi connectivity index (χ4v) is 1.98. The van der Waals surface area contributed by atoms with Crippen molar-refractivity contribution in [2.75, 3.05) is 11.9 Å². The molecule has 0 aliphatic rings. The summed E-state index contributed by atoms with van der Waals surface area (Å²) in [6.07, 6.45) is 0.712. The van der Waals surface area contributed by atoms with Gasteiger partial charge in [-0.15, -0.1) is 11.3 Å². The largest absolute Gasteiger partial charge is 0.390 e. The second kappa shape index (κ2) is 4.39. The van der Waals surface area contributed by atoms with Gasteiger partial charge in [0.2, 0.25) is 0 Å². The molecule has 0 aliphatic heterocycles. The Labute approximate surface area is 90.3 Å². The average molecular weight is 265 g/mol. The standard InChI is InChI=1S/C8H13BrN2OS/c1-8(2,12)3-4-10-7-11-6(9)5-13-7/h5,12H,3-4H2,1-2H3,(H,10,11). The molecular weight excluding hydrogens is 252 g/mol. The molecule has 0 aliphatic carbocycles. The Morgan fingerprint density at radius 2 is 2.38 bits per heavy atom. The number of aromatic nitrogens is 1. The number of aliphatic hydroxyl groups is 1. The maximum atomic E-state index is 9.43. The fraction of sp³-hybridized carbons (Fsp3) is 0.625. The molecule has 0 unspecified atom stereocenters. The summed E-state index contributed by atoms with van der Waals surface area (Å²) in [7, 11) is 0. The molecule has 5 heteroatoms. The summed E-state index contributed by atoms with van der Waals surface area (Å²) in [5.41, 5.74) is -0.610. The zero-order valence-corrected chi connectivity index (χ0v) is 10.1. The molecule has 0 spiro atoms. The van der Waals surface area contributed by atoms with Crippen LogP contribution in [0, 0.1) is 0 Å². The second-order valence-electron chi connectivity index (χ2n) is 3.46. The van der Waals surface area contributed by atoms with E-state index in [4.69, 9.17) is 0 Å². The van der Waals surface area contributed by atoms with Crippen molar-refractivity contribution < 1.29 is 5.11 Å². The summed E-state index contributed by atoms with van der Waals surface area (Å²) in [5.74, 6) is 0. The minimum Gasteiger partial charge on any atom is -0.390 e. The highest BCUT2D eigenvalue weighted by atomic mass is 79.9. The molecule has 1 aromatic heterocycles. The Morgan fingerprint density at radius 1 is 1.69 bits per heavy atom. The van der Waals surface area contributed by atoms with Gasteiger partial charge in [0.15, 0.2) is 5.13 Å². The maximum absolute atomic E-state index is 9.43. The molecule has 0 atom stereocenters. The van der Waals surface area contributed by atoms with Crippen molar-refractivity contribution in [1.29, 1.82) is 0 Å². The molecule has 0 aromatic carbocycles. The lowest BCUT2D eigenvalue weighted by Crippen LogP contribution is -2.22. The third-order valence-corrected chi connectivity index (χ3v) is 3.00. The first-order valence-electron chi connectivity index (χ1n) is 4.05. The molecule has 0 amide bonds. The molecule has 3 nitrogen and oxygen atoms in total. The van der Waals surface area contributed by atoms with Crippen LogP contribution in [0.2, 0.25) is 0 Å². The number of hydrogen-bond donors (Lipinski definition) is 2. The smallest absolute Gasteiger partial charge is 0.183 e. The Hall–Kier alpha value is -0.130. The SMILES string of the molecule is CC(C)(O)CCNc1nc(Br)cs1. The van der Waals surface area contributed by atoms with E-state index in [9.17, 15) is 5.11 Å². The van der Waals surface area contributed by atoms with E-state index < -0.39 is 5.60 Å². The number of thiazole rings is 1. The van der Waals surface area contributed by atoms with E-state index in [1.54, 1.807) is 25.2 Å². The van der Waals surface area contributed by atoms with Crippen molar-refractivity contribution >= 4 is 32.4 Å². The summed E-state index contributed by atoms with van der Waals surface area (Å²) in [6.45, 7) is 4.34. The van der Waals surface area contributed by atoms with Gasteiger partial charge < -0.3 is 10.4 Å². The number of halogens is 1. The molecule has 1 aromatic rings. The fourth-order valence-electron chi connectivity index (χ4n) is 0.811. The summed E-state index contributed by atoms with van der Waals surface area (Å²) >= 11 is 4.82. The second-order valence-corrected chi connectivity index (χ2v) is 5.14. The third-order valence-electron chi connectivity index (χ3n) is 1.49. The lowest BCUT2D eigenvalue weighted by molar-refractivity contribution is 0.0749. The van der Waals surface area contributed by atoms with Gasteiger partial charge in [-0.05, 0) is 36.2 Å². The monoisotopic (exact) mass is 264 g/mol. The van der Waals surface area contributed by atoms with Gasteiger partial charge in [0, 0.05) is 11.9 Å². The zero-order chi connectivity index (χ0) is 9.90. The Balaban J connectivity index is 2.28. The summed E-state index contributed by atoms with van der Waals surface area (Å²) in [6, 6.07) is 0. The van der Waals surface area contributed by atoms with Gasteiger partial charge in [0.25, 0.3) is 0 Å². The van der Waals surface area contributed by atoms with E-state index in [2.05, 4.69) is 26.2 Å². The van der Waals surface area contributed by atoms with Gasteiger partial charge in [0.05, 0.1) is 5.60 Å². The van der Waals surface area contributed by atoms with Crippen molar-refractivity contribution in [3.8, 4) is 0 Å². The highest BCUT2D eigenvalue weighted by Gasteiger charge is 2.11. The highest BCUT2D eigenvalue weighted by molar-refractivity contribution is 9.10. The zero-order valence-electron chi connectivity index (χ0n) is 7.67. The van der Waals surface area contributed by atoms with Gasteiger partial charge >= 0.3 is 0 Å². The number of anilines is 1. The van der Waals surface area contributed by atoms with Gasteiger partial charge in [-0.1, -0.05) is 0 Å². The normalized spacial score (nSPS) is 11.7. The molecule has 1 rings (SSSR count). The van der Waals surface area contributed by atoms with E-state index in [-0.39, 0.29) is 0 Å². The predicted octanol–water partition coefficient (Wildman–Crippen LogP) is 2.48. The van der Waals surface area contributed by atoms with Crippen molar-refractivity contribution in [3.63, 3.8) is 0 Å². The number of nitrogens with one attached hydrogen (secondary N) is 1. The van der Waals surface area contributed by atoms with Crippen LogP contribution in [-0.2, 0) is 0 Å². The maximum Gasteiger partial charge on any atom is 0.183 e. The summed E-state index contributed by atoms with van der Waals surface area (Å²) in [4.78, 5) is 4.17. The highest BCUT2D eigenvalue weighted by Crippen LogP contribution is 2.19. The Kier molecular flexibility index (Phi) is 3.70. The van der Waals surface area contributed by atoms with E-state index in [1.807, 2.05) is 5.38 Å². The average Bonchev–Trinajstić information content (AvgIpc) is 2.33. The van der Waals surface area contributed by atoms with Gasteiger partial charge in [-0.3, -0.25) is 0 Å². The van der Waals surface area contributed by atoms with Crippen LogP contribution < -0.4 is 5.32 Å². The molecule has 13 heavy (non-hydrogen) atoms. The van der Waals surface area contributed by atoms with Crippen LogP contribution >= 0.6 is 27.3 Å². The minimum atomic E-state index is -0.610. The van der Waals surface area contributed by atoms with Gasteiger partial charge in [-0.25, -0.2) is 4.98 Å². The molecule has 2 N–H and O–H groups in total. The first kappa shape index (κ1) is 10.9. The van der Waals surface area contributed by atoms with Crippen molar-refractivity contribution in [1.82, 2.24) is 4.98 Å². The van der Waals surface area contributed by atoms with Crippen molar-refractivity contribution in [3.05, 3.63) is 9.98 Å². The van der Waals surface area contributed by atoms with Gasteiger partial charge in [0.1, 0.15) is 4.60 Å². The molecule has 0 saturated carbocycles. The number of rotatable bonds is 4. The van der Waals surface area contributed by atoms with Crippen LogP contribution in [0.5, 0.6) is 0 Å². The first-order chi connectivity index (χ1) is 5.97. The third kappa shape index (κ3) is 4.59. The topological polar surface area (TPSA) is 45.1 Å². The summed E-state index contributed by atoms with van der Waals surface area (Å²) in [5, 5.41) is 15.4. The Morgan fingerprint density at radius 3 is 2.85 bits per heavy atom. The number of hydrogen-bond acceptors (Lipinski definition) is 4. The van der Waals surface area contributed by atoms with E-state index >= 15 is 0 Å². The molecular formula is C8H13BrN2OS. The molecule has 0 fully saturated rings. The van der Waals surface area contributed by atoms with Crippen LogP contribution in [0.3, 0.4) is 0 Å². The molecule has 0 radical (unpaired) electrons. The molecule has 1 heterocycles. The lowest BCUT2D eigenvalue weighted by Gasteiger charge is -2.16. The predicted molar refractivity (Wildman–Crippen MR) is 59.2 cm³/mol. The summed E-state index contributed by atoms with van der Waals surface area (Å²) < 4.78 is 0.850. The van der Waals surface area contributed by atoms with E-state index in [0.29, 0.717) is 6.42 Å². The first-order valence-corrected chi connectivity index (χ1v) is 5.72. The lowest BCUT2D eigenvalue weighted by atomic mass is 10.1. The van der Waals surface area contributed by atoms with Crippen LogP contribution in [0.1, 0.15) is 20.3 Å². The molecule has 74 valence electrons.